The van der Waals surface area contributed by atoms with Gasteiger partial charge in [0.2, 0.25) is 0 Å². The van der Waals surface area contributed by atoms with Crippen LogP contribution < -0.4 is 0 Å². The highest BCUT2D eigenvalue weighted by molar-refractivity contribution is 6.21. The second-order valence-corrected chi connectivity index (χ2v) is 14.0. The van der Waals surface area contributed by atoms with Crippen LogP contribution in [0.3, 0.4) is 0 Å². The number of benzene rings is 9. The molecule has 0 fully saturated rings. The zero-order valence-corrected chi connectivity index (χ0v) is 29.6. The molecule has 0 amide bonds. The number of rotatable bonds is 5. The van der Waals surface area contributed by atoms with E-state index < -0.39 is 0 Å². The molecule has 0 aliphatic carbocycles. The van der Waals surface area contributed by atoms with Gasteiger partial charge in [-0.2, -0.15) is 0 Å². The number of hydrogen-bond acceptors (Lipinski definition) is 4. The molecule has 11 rings (SSSR count). The van der Waals surface area contributed by atoms with Crippen LogP contribution in [0.2, 0.25) is 0 Å². The Morgan fingerprint density at radius 2 is 0.891 bits per heavy atom. The van der Waals surface area contributed by atoms with Crippen LogP contribution in [0.25, 0.3) is 111 Å². The zero-order valence-electron chi connectivity index (χ0n) is 29.6. The Kier molecular flexibility index (Phi) is 7.14. The van der Waals surface area contributed by atoms with Gasteiger partial charge in [0, 0.05) is 33.0 Å². The van der Waals surface area contributed by atoms with Crippen LogP contribution in [0.5, 0.6) is 0 Å². The first-order valence-electron chi connectivity index (χ1n) is 18.5. The summed E-state index contributed by atoms with van der Waals surface area (Å²) >= 11 is 0. The highest BCUT2D eigenvalue weighted by atomic mass is 16.3. The fourth-order valence-corrected chi connectivity index (χ4v) is 8.05. The van der Waals surface area contributed by atoms with Gasteiger partial charge in [-0.1, -0.05) is 158 Å². The highest BCUT2D eigenvalue weighted by Gasteiger charge is 2.21. The number of para-hydroxylation sites is 1. The standard InChI is InChI=1S/C51H31N3O/c1-3-12-32(13-4-1)37-17-11-18-38(30-37)41-28-29-43(47-42-20-9-10-21-45(42)55-48(41)47)51-53-49(36-15-5-2-6-16-36)52-50(54-51)39-27-24-34-23-26-35-25-22-33-14-7-8-19-40(33)46(35)44(34)31-39/h1-31H. The first-order valence-corrected chi connectivity index (χ1v) is 18.5. The van der Waals surface area contributed by atoms with E-state index in [0.717, 1.165) is 55.3 Å². The van der Waals surface area contributed by atoms with Gasteiger partial charge in [0.25, 0.3) is 0 Å². The van der Waals surface area contributed by atoms with Gasteiger partial charge in [0.1, 0.15) is 11.2 Å². The quantitative estimate of drug-likeness (QED) is 0.168. The summed E-state index contributed by atoms with van der Waals surface area (Å²) in [6.07, 6.45) is 0. The molecule has 0 bridgehead atoms. The molecule has 0 aliphatic rings. The average molecular weight is 702 g/mol. The van der Waals surface area contributed by atoms with E-state index >= 15 is 0 Å². The maximum absolute atomic E-state index is 6.73. The van der Waals surface area contributed by atoms with Gasteiger partial charge < -0.3 is 4.42 Å². The topological polar surface area (TPSA) is 51.8 Å². The molecular weight excluding hydrogens is 671 g/mol. The number of nitrogens with zero attached hydrogens (tertiary/aromatic N) is 3. The fraction of sp³-hybridized carbons (Fsp3) is 0. The summed E-state index contributed by atoms with van der Waals surface area (Å²) in [6.45, 7) is 0. The average Bonchev–Trinajstić information content (AvgIpc) is 3.66. The molecule has 11 aromatic rings. The third-order valence-electron chi connectivity index (χ3n) is 10.7. The van der Waals surface area contributed by atoms with Crippen molar-refractivity contribution in [2.75, 3.05) is 0 Å². The molecule has 0 aliphatic heterocycles. The molecular formula is C51H31N3O. The van der Waals surface area contributed by atoms with Gasteiger partial charge in [-0.05, 0) is 79.3 Å². The molecule has 0 N–H and O–H groups in total. The van der Waals surface area contributed by atoms with Gasteiger partial charge in [-0.25, -0.2) is 15.0 Å². The van der Waals surface area contributed by atoms with Gasteiger partial charge in [0.05, 0.1) is 0 Å². The van der Waals surface area contributed by atoms with Gasteiger partial charge >= 0.3 is 0 Å². The fourth-order valence-electron chi connectivity index (χ4n) is 8.05. The molecule has 9 aromatic carbocycles. The van der Waals surface area contributed by atoms with Gasteiger partial charge in [-0.15, -0.1) is 0 Å². The maximum atomic E-state index is 6.73. The summed E-state index contributed by atoms with van der Waals surface area (Å²) in [5, 5.41) is 9.21. The van der Waals surface area contributed by atoms with Crippen molar-refractivity contribution in [1.29, 1.82) is 0 Å². The molecule has 0 unspecified atom stereocenters. The van der Waals surface area contributed by atoms with Crippen molar-refractivity contribution >= 4 is 54.3 Å². The van der Waals surface area contributed by atoms with Crippen LogP contribution in [0, 0.1) is 0 Å². The third-order valence-corrected chi connectivity index (χ3v) is 10.7. The van der Waals surface area contributed by atoms with Crippen LogP contribution in [-0.2, 0) is 0 Å². The van der Waals surface area contributed by atoms with Crippen molar-refractivity contribution in [3.8, 4) is 56.4 Å². The monoisotopic (exact) mass is 701 g/mol. The van der Waals surface area contributed by atoms with Crippen LogP contribution in [0.4, 0.5) is 0 Å². The van der Waals surface area contributed by atoms with Gasteiger partial charge in [0.15, 0.2) is 17.5 Å². The SMILES string of the molecule is c1ccc(-c2cccc(-c3ccc(-c4nc(-c5ccccc5)nc(-c5ccc6ccc7ccc8ccccc8c7c6c5)n4)c4c3oc3ccccc34)c2)cc1. The molecule has 2 heterocycles. The molecule has 0 saturated heterocycles. The number of furan rings is 1. The predicted molar refractivity (Wildman–Crippen MR) is 227 cm³/mol. The van der Waals surface area contributed by atoms with Crippen molar-refractivity contribution in [2.45, 2.75) is 0 Å². The molecule has 0 saturated carbocycles. The molecule has 2 aromatic heterocycles. The molecule has 0 spiro atoms. The minimum atomic E-state index is 0.591. The first-order chi connectivity index (χ1) is 27.2. The number of fused-ring (bicyclic) bond motifs is 8. The van der Waals surface area contributed by atoms with E-state index in [1.54, 1.807) is 0 Å². The Balaban J connectivity index is 1.15. The van der Waals surface area contributed by atoms with Crippen molar-refractivity contribution in [3.05, 3.63) is 188 Å². The molecule has 0 radical (unpaired) electrons. The smallest absolute Gasteiger partial charge is 0.164 e. The molecule has 4 nitrogen and oxygen atoms in total. The van der Waals surface area contributed by atoms with E-state index in [2.05, 4.69) is 152 Å². The summed E-state index contributed by atoms with van der Waals surface area (Å²) < 4.78 is 6.73. The van der Waals surface area contributed by atoms with E-state index in [1.165, 1.54) is 37.9 Å². The molecule has 0 atom stereocenters. The molecule has 55 heavy (non-hydrogen) atoms. The molecule has 256 valence electrons. The van der Waals surface area contributed by atoms with Crippen LogP contribution in [0.15, 0.2) is 192 Å². The molecule has 4 heteroatoms. The highest BCUT2D eigenvalue weighted by Crippen LogP contribution is 2.42. The number of aromatic nitrogens is 3. The van der Waals surface area contributed by atoms with Crippen molar-refractivity contribution in [1.82, 2.24) is 15.0 Å². The maximum Gasteiger partial charge on any atom is 0.164 e. The lowest BCUT2D eigenvalue weighted by Gasteiger charge is -2.12. The minimum absolute atomic E-state index is 0.591. The Bertz CT molecular complexity index is 3250. The van der Waals surface area contributed by atoms with E-state index in [4.69, 9.17) is 19.4 Å². The van der Waals surface area contributed by atoms with E-state index in [0.29, 0.717) is 17.5 Å². The third kappa shape index (κ3) is 5.26. The lowest BCUT2D eigenvalue weighted by Crippen LogP contribution is -2.00. The number of hydrogen-bond donors (Lipinski definition) is 0. The Morgan fingerprint density at radius 3 is 1.71 bits per heavy atom. The van der Waals surface area contributed by atoms with E-state index in [-0.39, 0.29) is 0 Å². The van der Waals surface area contributed by atoms with E-state index in [9.17, 15) is 0 Å². The summed E-state index contributed by atoms with van der Waals surface area (Å²) in [6, 6.07) is 65.7. The van der Waals surface area contributed by atoms with E-state index in [1.807, 2.05) is 36.4 Å². The Hall–Kier alpha value is -7.43. The zero-order chi connectivity index (χ0) is 36.3. The van der Waals surface area contributed by atoms with Crippen LogP contribution in [0.1, 0.15) is 0 Å². The normalized spacial score (nSPS) is 11.6. The largest absolute Gasteiger partial charge is 0.455 e. The minimum Gasteiger partial charge on any atom is -0.455 e. The summed E-state index contributed by atoms with van der Waals surface area (Å²) in [5.41, 5.74) is 8.77. The second kappa shape index (κ2) is 12.6. The summed E-state index contributed by atoms with van der Waals surface area (Å²) in [7, 11) is 0. The Labute approximate surface area is 317 Å². The summed E-state index contributed by atoms with van der Waals surface area (Å²) in [5.74, 6) is 1.82. The lowest BCUT2D eigenvalue weighted by molar-refractivity contribution is 0.670. The predicted octanol–water partition coefficient (Wildman–Crippen LogP) is 13.6. The second-order valence-electron chi connectivity index (χ2n) is 14.0. The summed E-state index contributed by atoms with van der Waals surface area (Å²) in [4.78, 5) is 15.6. The lowest BCUT2D eigenvalue weighted by atomic mass is 9.95. The van der Waals surface area contributed by atoms with Crippen molar-refractivity contribution in [3.63, 3.8) is 0 Å². The van der Waals surface area contributed by atoms with Crippen LogP contribution in [-0.4, -0.2) is 15.0 Å². The van der Waals surface area contributed by atoms with Crippen molar-refractivity contribution in [2.24, 2.45) is 0 Å². The first kappa shape index (κ1) is 31.1. The van der Waals surface area contributed by atoms with Crippen LogP contribution >= 0.6 is 0 Å². The Morgan fingerprint density at radius 1 is 0.309 bits per heavy atom. The van der Waals surface area contributed by atoms with Crippen molar-refractivity contribution < 1.29 is 4.42 Å². The van der Waals surface area contributed by atoms with Gasteiger partial charge in [-0.3, -0.25) is 0 Å².